The van der Waals surface area contributed by atoms with Gasteiger partial charge in [0.1, 0.15) is 0 Å². The van der Waals surface area contributed by atoms with Gasteiger partial charge in [-0.25, -0.2) is 0 Å². The molecule has 14 heavy (non-hydrogen) atoms. The van der Waals surface area contributed by atoms with Gasteiger partial charge >= 0.3 is 0 Å². The van der Waals surface area contributed by atoms with Crippen LogP contribution in [-0.4, -0.2) is 12.1 Å². The van der Waals surface area contributed by atoms with Crippen molar-refractivity contribution in [1.29, 1.82) is 0 Å². The number of hydrogen-bond donors (Lipinski definition) is 1. The van der Waals surface area contributed by atoms with Crippen molar-refractivity contribution in [3.8, 4) is 0 Å². The van der Waals surface area contributed by atoms with Crippen LogP contribution in [0.2, 0.25) is 0 Å². The molecule has 0 aromatic heterocycles. The van der Waals surface area contributed by atoms with Gasteiger partial charge in [-0.05, 0) is 31.7 Å². The van der Waals surface area contributed by atoms with Crippen molar-refractivity contribution in [2.24, 2.45) is 11.3 Å². The molecule has 0 saturated carbocycles. The summed E-state index contributed by atoms with van der Waals surface area (Å²) in [7, 11) is 0. The van der Waals surface area contributed by atoms with E-state index < -0.39 is 0 Å². The first-order valence-electron chi connectivity index (χ1n) is 5.52. The van der Waals surface area contributed by atoms with E-state index in [0.717, 1.165) is 6.54 Å². The van der Waals surface area contributed by atoms with E-state index in [-0.39, 0.29) is 11.0 Å². The highest BCUT2D eigenvalue weighted by Gasteiger charge is 2.37. The second-order valence-corrected chi connectivity index (χ2v) is 5.93. The van der Waals surface area contributed by atoms with Crippen molar-refractivity contribution in [1.82, 2.24) is 5.32 Å². The van der Waals surface area contributed by atoms with E-state index >= 15 is 0 Å². The summed E-state index contributed by atoms with van der Waals surface area (Å²) in [5.41, 5.74) is 1.44. The third-order valence-electron chi connectivity index (χ3n) is 3.22. The van der Waals surface area contributed by atoms with E-state index in [1.807, 2.05) is 0 Å². The molecule has 0 fully saturated rings. The van der Waals surface area contributed by atoms with E-state index in [4.69, 9.17) is 0 Å². The molecule has 1 nitrogen and oxygen atoms in total. The summed E-state index contributed by atoms with van der Waals surface area (Å²) in [6, 6.07) is 0. The van der Waals surface area contributed by atoms with E-state index in [9.17, 15) is 0 Å². The lowest BCUT2D eigenvalue weighted by Gasteiger charge is -2.44. The summed E-state index contributed by atoms with van der Waals surface area (Å²) in [6.07, 6.45) is 0. The Kier molecular flexibility index (Phi) is 4.38. The summed E-state index contributed by atoms with van der Waals surface area (Å²) >= 11 is 0. The quantitative estimate of drug-likeness (QED) is 0.679. The predicted octanol–water partition coefficient (Wildman–Crippen LogP) is 3.61. The molecule has 0 bridgehead atoms. The Morgan fingerprint density at radius 3 is 1.86 bits per heavy atom. The van der Waals surface area contributed by atoms with Gasteiger partial charge in [0.05, 0.1) is 0 Å². The zero-order chi connectivity index (χ0) is 11.6. The molecule has 0 aliphatic carbocycles. The Bertz CT molecular complexity index is 198. The van der Waals surface area contributed by atoms with Crippen LogP contribution in [0.4, 0.5) is 0 Å². The SMILES string of the molecule is C=C(C)C(C)(NCC(C)C)C(C)(C)C. The molecule has 0 rings (SSSR count). The van der Waals surface area contributed by atoms with Gasteiger partial charge in [0.2, 0.25) is 0 Å². The summed E-state index contributed by atoms with van der Waals surface area (Å²) in [6.45, 7) is 20.7. The maximum atomic E-state index is 4.11. The maximum Gasteiger partial charge on any atom is 0.0409 e. The van der Waals surface area contributed by atoms with E-state index in [2.05, 4.69) is 60.4 Å². The second kappa shape index (κ2) is 4.48. The van der Waals surface area contributed by atoms with Crippen LogP contribution in [0.15, 0.2) is 12.2 Å². The molecule has 0 radical (unpaired) electrons. The minimum atomic E-state index is 0.0251. The van der Waals surface area contributed by atoms with E-state index in [0.29, 0.717) is 5.92 Å². The van der Waals surface area contributed by atoms with Gasteiger partial charge in [-0.15, -0.1) is 0 Å². The summed E-state index contributed by atoms with van der Waals surface area (Å²) < 4.78 is 0. The number of rotatable bonds is 4. The average molecular weight is 197 g/mol. The van der Waals surface area contributed by atoms with Crippen LogP contribution in [0.3, 0.4) is 0 Å². The van der Waals surface area contributed by atoms with Crippen LogP contribution < -0.4 is 5.32 Å². The molecule has 0 heterocycles. The molecule has 1 heteroatoms. The minimum absolute atomic E-state index is 0.0251. The van der Waals surface area contributed by atoms with Crippen LogP contribution in [0.5, 0.6) is 0 Å². The zero-order valence-electron chi connectivity index (χ0n) is 11.0. The normalized spacial score (nSPS) is 16.9. The summed E-state index contributed by atoms with van der Waals surface area (Å²) in [5.74, 6) is 0.677. The van der Waals surface area contributed by atoms with Crippen molar-refractivity contribution in [3.05, 3.63) is 12.2 Å². The van der Waals surface area contributed by atoms with Crippen molar-refractivity contribution >= 4 is 0 Å². The fraction of sp³-hybridized carbons (Fsp3) is 0.846. The molecule has 84 valence electrons. The molecule has 1 atom stereocenters. The smallest absolute Gasteiger partial charge is 0.0409 e. The molecule has 0 aromatic carbocycles. The lowest BCUT2D eigenvalue weighted by atomic mass is 9.71. The van der Waals surface area contributed by atoms with Crippen molar-refractivity contribution in [2.45, 2.75) is 54.0 Å². The molecule has 0 aliphatic heterocycles. The third kappa shape index (κ3) is 3.13. The highest BCUT2D eigenvalue weighted by Crippen LogP contribution is 2.35. The first kappa shape index (κ1) is 13.7. The molecule has 0 amide bonds. The standard InChI is InChI=1S/C13H27N/c1-10(2)9-14-13(8,11(3)4)12(5,6)7/h10,14H,3,9H2,1-2,4-8H3. The van der Waals surface area contributed by atoms with Gasteiger partial charge in [0.15, 0.2) is 0 Å². The fourth-order valence-electron chi connectivity index (χ4n) is 1.46. The van der Waals surface area contributed by atoms with E-state index in [1.54, 1.807) is 0 Å². The van der Waals surface area contributed by atoms with Gasteiger partial charge in [0, 0.05) is 5.54 Å². The Labute approximate surface area is 90.0 Å². The monoisotopic (exact) mass is 197 g/mol. The predicted molar refractivity (Wildman–Crippen MR) is 65.5 cm³/mol. The summed E-state index contributed by atoms with van der Waals surface area (Å²) in [5, 5.41) is 3.64. The van der Waals surface area contributed by atoms with Gasteiger partial charge in [-0.3, -0.25) is 0 Å². The highest BCUT2D eigenvalue weighted by molar-refractivity contribution is 5.17. The fourth-order valence-corrected chi connectivity index (χ4v) is 1.46. The molecule has 0 aliphatic rings. The van der Waals surface area contributed by atoms with E-state index in [1.165, 1.54) is 5.57 Å². The van der Waals surface area contributed by atoms with Crippen LogP contribution in [0.25, 0.3) is 0 Å². The third-order valence-corrected chi connectivity index (χ3v) is 3.22. The number of hydrogen-bond acceptors (Lipinski definition) is 1. The lowest BCUT2D eigenvalue weighted by molar-refractivity contribution is 0.189. The first-order chi connectivity index (χ1) is 6.11. The average Bonchev–Trinajstić information content (AvgIpc) is 1.97. The highest BCUT2D eigenvalue weighted by atomic mass is 15.0. The largest absolute Gasteiger partial charge is 0.307 e. The van der Waals surface area contributed by atoms with Gasteiger partial charge in [-0.2, -0.15) is 0 Å². The molecule has 0 spiro atoms. The lowest BCUT2D eigenvalue weighted by Crippen LogP contribution is -2.54. The van der Waals surface area contributed by atoms with Crippen LogP contribution in [0, 0.1) is 11.3 Å². The summed E-state index contributed by atoms with van der Waals surface area (Å²) in [4.78, 5) is 0. The first-order valence-corrected chi connectivity index (χ1v) is 5.52. The maximum absolute atomic E-state index is 4.11. The molecule has 0 aromatic rings. The Balaban J connectivity index is 4.67. The minimum Gasteiger partial charge on any atom is -0.307 e. The second-order valence-electron chi connectivity index (χ2n) is 5.93. The van der Waals surface area contributed by atoms with Crippen LogP contribution in [-0.2, 0) is 0 Å². The van der Waals surface area contributed by atoms with Gasteiger partial charge in [0.25, 0.3) is 0 Å². The molecule has 0 saturated heterocycles. The van der Waals surface area contributed by atoms with Crippen molar-refractivity contribution in [3.63, 3.8) is 0 Å². The molecular weight excluding hydrogens is 170 g/mol. The van der Waals surface area contributed by atoms with Gasteiger partial charge in [-0.1, -0.05) is 46.8 Å². The van der Waals surface area contributed by atoms with Crippen molar-refractivity contribution in [2.75, 3.05) is 6.54 Å². The zero-order valence-corrected chi connectivity index (χ0v) is 11.0. The topological polar surface area (TPSA) is 12.0 Å². The Morgan fingerprint density at radius 1 is 1.21 bits per heavy atom. The molecule has 1 unspecified atom stereocenters. The molecular formula is C13H27N. The van der Waals surface area contributed by atoms with Gasteiger partial charge < -0.3 is 5.32 Å². The molecule has 1 N–H and O–H groups in total. The Morgan fingerprint density at radius 2 is 1.64 bits per heavy atom. The number of nitrogens with one attached hydrogen (secondary N) is 1. The van der Waals surface area contributed by atoms with Crippen LogP contribution >= 0.6 is 0 Å². The Hall–Kier alpha value is -0.300. The van der Waals surface area contributed by atoms with Crippen LogP contribution in [0.1, 0.15) is 48.5 Å². The van der Waals surface area contributed by atoms with Crippen molar-refractivity contribution < 1.29 is 0 Å².